The minimum Gasteiger partial charge on any atom is -0.302 e. The highest BCUT2D eigenvalue weighted by atomic mass is 32.2. The highest BCUT2D eigenvalue weighted by Gasteiger charge is 2.30. The molecule has 0 saturated carbocycles. The van der Waals surface area contributed by atoms with Gasteiger partial charge in [0.05, 0.1) is 17.9 Å². The zero-order valence-electron chi connectivity index (χ0n) is 15.8. The predicted octanol–water partition coefficient (Wildman–Crippen LogP) is 3.54. The maximum Gasteiger partial charge on any atom is 0.230 e. The molecule has 1 aromatic carbocycles. The van der Waals surface area contributed by atoms with Crippen molar-refractivity contribution in [2.24, 2.45) is 5.92 Å². The monoisotopic (exact) mass is 407 g/mol. The number of thiazole rings is 1. The van der Waals surface area contributed by atoms with E-state index in [2.05, 4.69) is 36.3 Å². The average Bonchev–Trinajstić information content (AvgIpc) is 3.09. The molecule has 6 nitrogen and oxygen atoms in total. The van der Waals surface area contributed by atoms with Gasteiger partial charge in [0, 0.05) is 24.0 Å². The molecule has 3 rings (SSSR count). The standard InChI is InChI=1S/C19H25N3O3S2/c1-13(2)14-6-8-15(9-7-14)17-12-26-19(20-17)21-18(23)16-5-4-10-22(11-16)27(3,24)25/h6-9,12-13,16H,4-5,10-11H2,1-3H3,(H,20,21,23). The summed E-state index contributed by atoms with van der Waals surface area (Å²) in [5.41, 5.74) is 3.11. The summed E-state index contributed by atoms with van der Waals surface area (Å²) in [5, 5.41) is 5.31. The Morgan fingerprint density at radius 2 is 2.00 bits per heavy atom. The van der Waals surface area contributed by atoms with Crippen LogP contribution in [0.4, 0.5) is 5.13 Å². The fourth-order valence-electron chi connectivity index (χ4n) is 3.17. The van der Waals surface area contributed by atoms with Gasteiger partial charge in [-0.1, -0.05) is 38.1 Å². The first-order valence-electron chi connectivity index (χ1n) is 9.06. The van der Waals surface area contributed by atoms with Crippen LogP contribution in [0, 0.1) is 5.92 Å². The first-order valence-corrected chi connectivity index (χ1v) is 11.8. The summed E-state index contributed by atoms with van der Waals surface area (Å²) in [7, 11) is -3.27. The van der Waals surface area contributed by atoms with Gasteiger partial charge < -0.3 is 5.32 Å². The molecule has 8 heteroatoms. The summed E-state index contributed by atoms with van der Waals surface area (Å²) in [4.78, 5) is 17.1. The van der Waals surface area contributed by atoms with Crippen LogP contribution in [-0.2, 0) is 14.8 Å². The van der Waals surface area contributed by atoms with Gasteiger partial charge in [0.15, 0.2) is 5.13 Å². The lowest BCUT2D eigenvalue weighted by Gasteiger charge is -2.29. The van der Waals surface area contributed by atoms with E-state index in [0.717, 1.165) is 11.3 Å². The van der Waals surface area contributed by atoms with Crippen molar-refractivity contribution < 1.29 is 13.2 Å². The van der Waals surface area contributed by atoms with E-state index in [4.69, 9.17) is 0 Å². The molecule has 2 heterocycles. The van der Waals surface area contributed by atoms with Crippen molar-refractivity contribution >= 4 is 32.4 Å². The summed E-state index contributed by atoms with van der Waals surface area (Å²) < 4.78 is 24.8. The van der Waals surface area contributed by atoms with Crippen molar-refractivity contribution in [1.29, 1.82) is 0 Å². The normalized spacial score (nSPS) is 18.6. The van der Waals surface area contributed by atoms with Gasteiger partial charge in [-0.2, -0.15) is 0 Å². The Hall–Kier alpha value is -1.77. The van der Waals surface area contributed by atoms with Gasteiger partial charge in [-0.15, -0.1) is 11.3 Å². The summed E-state index contributed by atoms with van der Waals surface area (Å²) in [5.74, 6) is -0.0307. The van der Waals surface area contributed by atoms with Crippen molar-refractivity contribution in [3.63, 3.8) is 0 Å². The second-order valence-electron chi connectivity index (χ2n) is 7.26. The number of rotatable bonds is 5. The lowest BCUT2D eigenvalue weighted by Crippen LogP contribution is -2.43. The fourth-order valence-corrected chi connectivity index (χ4v) is 4.80. The highest BCUT2D eigenvalue weighted by molar-refractivity contribution is 7.88. The molecule has 1 aromatic heterocycles. The molecule has 1 aliphatic heterocycles. The highest BCUT2D eigenvalue weighted by Crippen LogP contribution is 2.27. The number of hydrogen-bond donors (Lipinski definition) is 1. The van der Waals surface area contributed by atoms with Crippen LogP contribution in [-0.4, -0.2) is 43.0 Å². The van der Waals surface area contributed by atoms with Crippen LogP contribution in [0.15, 0.2) is 29.6 Å². The van der Waals surface area contributed by atoms with E-state index in [1.807, 2.05) is 17.5 Å². The Morgan fingerprint density at radius 3 is 2.63 bits per heavy atom. The molecule has 1 aliphatic rings. The first kappa shape index (κ1) is 20.0. The minimum absolute atomic E-state index is 0.167. The lowest BCUT2D eigenvalue weighted by atomic mass is 9.99. The predicted molar refractivity (Wildman–Crippen MR) is 109 cm³/mol. The number of amides is 1. The molecule has 1 saturated heterocycles. The molecular weight excluding hydrogens is 382 g/mol. The summed E-state index contributed by atoms with van der Waals surface area (Å²) >= 11 is 1.38. The third-order valence-corrected chi connectivity index (χ3v) is 6.86. The van der Waals surface area contributed by atoms with E-state index in [9.17, 15) is 13.2 Å². The van der Waals surface area contributed by atoms with E-state index >= 15 is 0 Å². The Bertz CT molecular complexity index is 905. The zero-order chi connectivity index (χ0) is 19.6. The summed E-state index contributed by atoms with van der Waals surface area (Å²) in [6, 6.07) is 8.28. The average molecular weight is 408 g/mol. The molecule has 27 heavy (non-hydrogen) atoms. The third kappa shape index (κ3) is 4.94. The number of piperidine rings is 1. The molecular formula is C19H25N3O3S2. The number of sulfonamides is 1. The smallest absolute Gasteiger partial charge is 0.230 e. The topological polar surface area (TPSA) is 79.4 Å². The largest absolute Gasteiger partial charge is 0.302 e. The van der Waals surface area contributed by atoms with Crippen molar-refractivity contribution in [3.05, 3.63) is 35.2 Å². The number of anilines is 1. The SMILES string of the molecule is CC(C)c1ccc(-c2csc(NC(=O)C3CCCN(S(C)(=O)=O)C3)n2)cc1. The maximum atomic E-state index is 12.5. The molecule has 1 fully saturated rings. The Labute approximate surface area is 164 Å². The van der Waals surface area contributed by atoms with E-state index in [1.165, 1.54) is 27.5 Å². The van der Waals surface area contributed by atoms with Crippen molar-refractivity contribution in [2.45, 2.75) is 32.6 Å². The molecule has 146 valence electrons. The molecule has 0 radical (unpaired) electrons. The number of carbonyl (C=O) groups excluding carboxylic acids is 1. The third-order valence-electron chi connectivity index (χ3n) is 4.83. The second-order valence-corrected chi connectivity index (χ2v) is 10.1. The molecule has 0 bridgehead atoms. The van der Waals surface area contributed by atoms with Crippen molar-refractivity contribution in [3.8, 4) is 11.3 Å². The van der Waals surface area contributed by atoms with Gasteiger partial charge in [-0.25, -0.2) is 17.7 Å². The molecule has 0 spiro atoms. The van der Waals surface area contributed by atoms with Crippen LogP contribution < -0.4 is 5.32 Å². The van der Waals surface area contributed by atoms with Gasteiger partial charge >= 0.3 is 0 Å². The summed E-state index contributed by atoms with van der Waals surface area (Å²) in [6.45, 7) is 5.03. The number of hydrogen-bond acceptors (Lipinski definition) is 5. The molecule has 1 atom stereocenters. The van der Waals surface area contributed by atoms with E-state index in [1.54, 1.807) is 0 Å². The Morgan fingerprint density at radius 1 is 1.30 bits per heavy atom. The van der Waals surface area contributed by atoms with Gasteiger partial charge in [0.1, 0.15) is 0 Å². The van der Waals surface area contributed by atoms with Gasteiger partial charge in [0.2, 0.25) is 15.9 Å². The molecule has 1 unspecified atom stereocenters. The van der Waals surface area contributed by atoms with E-state index < -0.39 is 10.0 Å². The van der Waals surface area contributed by atoms with Crippen molar-refractivity contribution in [1.82, 2.24) is 9.29 Å². The van der Waals surface area contributed by atoms with Crippen LogP contribution in [0.5, 0.6) is 0 Å². The number of benzene rings is 1. The molecule has 1 N–H and O–H groups in total. The van der Waals surface area contributed by atoms with E-state index in [0.29, 0.717) is 30.4 Å². The van der Waals surface area contributed by atoms with Crippen LogP contribution in [0.1, 0.15) is 38.2 Å². The first-order chi connectivity index (χ1) is 12.7. The van der Waals surface area contributed by atoms with Crippen molar-refractivity contribution in [2.75, 3.05) is 24.7 Å². The van der Waals surface area contributed by atoms with Gasteiger partial charge in [-0.05, 0) is 24.3 Å². The minimum atomic E-state index is -3.27. The van der Waals surface area contributed by atoms with E-state index in [-0.39, 0.29) is 18.4 Å². The van der Waals surface area contributed by atoms with Gasteiger partial charge in [0.25, 0.3) is 0 Å². The number of carbonyl (C=O) groups is 1. The van der Waals surface area contributed by atoms with Crippen LogP contribution in [0.3, 0.4) is 0 Å². The maximum absolute atomic E-state index is 12.5. The van der Waals surface area contributed by atoms with Crippen LogP contribution in [0.2, 0.25) is 0 Å². The number of nitrogens with one attached hydrogen (secondary N) is 1. The summed E-state index contributed by atoms with van der Waals surface area (Å²) in [6.07, 6.45) is 2.56. The zero-order valence-corrected chi connectivity index (χ0v) is 17.4. The molecule has 1 amide bonds. The number of nitrogens with zero attached hydrogens (tertiary/aromatic N) is 2. The van der Waals surface area contributed by atoms with Crippen LogP contribution >= 0.6 is 11.3 Å². The Kier molecular flexibility index (Phi) is 5.98. The van der Waals surface area contributed by atoms with Crippen LogP contribution in [0.25, 0.3) is 11.3 Å². The molecule has 0 aliphatic carbocycles. The fraction of sp³-hybridized carbons (Fsp3) is 0.474. The lowest BCUT2D eigenvalue weighted by molar-refractivity contribution is -0.120. The molecule has 2 aromatic rings. The number of aromatic nitrogens is 1. The quantitative estimate of drug-likeness (QED) is 0.822. The Balaban J connectivity index is 1.65. The second kappa shape index (κ2) is 8.08. The van der Waals surface area contributed by atoms with Gasteiger partial charge in [-0.3, -0.25) is 4.79 Å².